The third-order valence-corrected chi connectivity index (χ3v) is 24.9. The second-order valence-corrected chi connectivity index (χ2v) is 35.9. The molecule has 3 unspecified atom stereocenters. The zero-order chi connectivity index (χ0) is 81.2. The van der Waals surface area contributed by atoms with Crippen molar-refractivity contribution in [1.29, 1.82) is 0 Å². The molecule has 0 amide bonds. The molecule has 3 fully saturated rings. The van der Waals surface area contributed by atoms with Crippen LogP contribution in [0.15, 0.2) is 85.5 Å². The molecule has 3 atom stereocenters. The number of Topliss-reactive ketones (excluding diaryl/α,β-unsaturated/α-hetero) is 1. The van der Waals surface area contributed by atoms with Crippen molar-refractivity contribution in [2.24, 2.45) is 0 Å². The van der Waals surface area contributed by atoms with E-state index in [4.69, 9.17) is 34.3 Å². The number of hydrogen-bond donors (Lipinski definition) is 3. The number of halogens is 1. The van der Waals surface area contributed by atoms with Gasteiger partial charge in [0.25, 0.3) is 0 Å². The van der Waals surface area contributed by atoms with Crippen LogP contribution in [0.5, 0.6) is 0 Å². The fraction of sp³-hybridized carbons (Fsp3) is 0.629. The smallest absolute Gasteiger partial charge is 0.323 e. The molecule has 22 nitrogen and oxygen atoms in total. The van der Waals surface area contributed by atoms with Crippen molar-refractivity contribution < 1.29 is 43.6 Å². The van der Waals surface area contributed by atoms with Crippen molar-refractivity contribution in [3.63, 3.8) is 0 Å². The third kappa shape index (κ3) is 23.0. The van der Waals surface area contributed by atoms with Gasteiger partial charge in [0, 0.05) is 127 Å². The second-order valence-electron chi connectivity index (χ2n) is 34.8. The minimum Gasteiger partial charge on any atom is -0.466 e. The first-order chi connectivity index (χ1) is 53.3. The molecule has 612 valence electrons. The lowest BCUT2D eigenvalue weighted by atomic mass is 9.63. The maximum Gasteiger partial charge on any atom is 0.323 e. The molecular weight excluding hydrogens is 1470 g/mol. The Kier molecular flexibility index (Phi) is 31.4. The van der Waals surface area contributed by atoms with Crippen LogP contribution >= 0.6 is 15.9 Å². The zero-order valence-corrected chi connectivity index (χ0v) is 71.8. The lowest BCUT2D eigenvalue weighted by molar-refractivity contribution is -0.151. The number of nitrogens with one attached hydrogen (secondary N) is 1. The standard InChI is InChI=1S/C30H43N5O4.C26H39N5O2.C23H31N3.C10H17BrO3/c1-7-38-25(36)12-11-24(27(37)39-8-2)34-15-17-35(18-16-34)28-32-20-31-26(33-28)21-9-10-22-23(19-21)30(5,6)14-13-29(22,3)4;1-25(2)9-10-26(3,4)22-16-19(7-8-21(22)25)23-27-18-28-24(29-23)31-13-11-30(12-14-31)20(17-33)6-5-15-32;1-22(2)10-11-23(3,4)19-16-17(8-9-18(19)22)20-6-5-7-21(25-20)26-14-12-24-13-15-26;1-3-5-9(12)8(11)6-7-10(13)14-4-2/h9-10,19-20,24H,7-8,11-18H2,1-6H3;7-8,16,18,20,32-33H,5-6,9-15,17H2,1-4H3;5-9,16,24H,10-15H2,1-4H3;8H,3-7H2,1-2H3. The molecule has 0 radical (unpaired) electrons. The summed E-state index contributed by atoms with van der Waals surface area (Å²) in [6.45, 7) is 46.8. The quantitative estimate of drug-likeness (QED) is 0.0273. The highest BCUT2D eigenvalue weighted by Gasteiger charge is 2.41. The van der Waals surface area contributed by atoms with Gasteiger partial charge >= 0.3 is 17.9 Å². The number of pyridine rings is 1. The van der Waals surface area contributed by atoms with Gasteiger partial charge in [0.1, 0.15) is 30.3 Å². The fourth-order valence-electron chi connectivity index (χ4n) is 16.5. The van der Waals surface area contributed by atoms with E-state index < -0.39 is 6.04 Å². The number of ether oxygens (including phenoxy) is 3. The Labute approximate surface area is 676 Å². The molecular formula is C89H130BrN13O9. The van der Waals surface area contributed by atoms with Crippen LogP contribution in [0.25, 0.3) is 34.0 Å². The number of esters is 3. The summed E-state index contributed by atoms with van der Waals surface area (Å²) in [4.78, 5) is 90.5. The molecule has 23 heteroatoms. The molecule has 6 aromatic rings. The normalized spacial score (nSPS) is 19.3. The summed E-state index contributed by atoms with van der Waals surface area (Å²) in [6, 6.07) is 26.5. The first kappa shape index (κ1) is 88.5. The monoisotopic (exact) mass is 1600 g/mol. The first-order valence-corrected chi connectivity index (χ1v) is 42.3. The van der Waals surface area contributed by atoms with Crippen molar-refractivity contribution in [2.75, 3.05) is 126 Å². The van der Waals surface area contributed by atoms with Gasteiger partial charge in [0.2, 0.25) is 11.9 Å². The van der Waals surface area contributed by atoms with Gasteiger partial charge in [-0.15, -0.1) is 0 Å². The number of hydrogen-bond acceptors (Lipinski definition) is 22. The van der Waals surface area contributed by atoms with Gasteiger partial charge in [-0.1, -0.05) is 148 Å². The van der Waals surface area contributed by atoms with Gasteiger partial charge in [0.05, 0.1) is 36.9 Å². The Morgan fingerprint density at radius 2 is 0.902 bits per heavy atom. The van der Waals surface area contributed by atoms with Crippen LogP contribution in [0.4, 0.5) is 17.7 Å². The number of aliphatic hydroxyl groups excluding tert-OH is 2. The Bertz CT molecular complexity index is 4090. The van der Waals surface area contributed by atoms with E-state index in [9.17, 15) is 24.3 Å². The summed E-state index contributed by atoms with van der Waals surface area (Å²) >= 11 is 3.27. The summed E-state index contributed by atoms with van der Waals surface area (Å²) < 4.78 is 15.1. The molecule has 112 heavy (non-hydrogen) atoms. The van der Waals surface area contributed by atoms with E-state index in [0.29, 0.717) is 89.4 Å². The van der Waals surface area contributed by atoms with E-state index in [2.05, 4.69) is 222 Å². The number of benzene rings is 3. The summed E-state index contributed by atoms with van der Waals surface area (Å²) in [7, 11) is 0. The van der Waals surface area contributed by atoms with Crippen LogP contribution in [0, 0.1) is 0 Å². The molecule has 0 bridgehead atoms. The average molecular weight is 1610 g/mol. The van der Waals surface area contributed by atoms with Crippen LogP contribution in [0.3, 0.4) is 0 Å². The molecule has 3 aromatic heterocycles. The summed E-state index contributed by atoms with van der Waals surface area (Å²) in [5, 5.41) is 22.3. The van der Waals surface area contributed by atoms with E-state index in [1.54, 1.807) is 33.4 Å². The number of aliphatic hydroxyl groups is 2. The van der Waals surface area contributed by atoms with E-state index in [1.165, 1.54) is 71.0 Å². The van der Waals surface area contributed by atoms with Gasteiger partial charge in [-0.25, -0.2) is 24.9 Å². The van der Waals surface area contributed by atoms with Crippen LogP contribution in [0.1, 0.15) is 234 Å². The van der Waals surface area contributed by atoms with Gasteiger partial charge < -0.3 is 44.4 Å². The van der Waals surface area contributed by atoms with Crippen LogP contribution in [-0.2, 0) is 65.9 Å². The van der Waals surface area contributed by atoms with E-state index in [0.717, 1.165) is 107 Å². The molecule has 6 heterocycles. The minimum atomic E-state index is -0.478. The Morgan fingerprint density at radius 3 is 1.34 bits per heavy atom. The van der Waals surface area contributed by atoms with Gasteiger partial charge in [0.15, 0.2) is 11.6 Å². The Balaban J connectivity index is 0.000000180. The topological polar surface area (TPSA) is 255 Å². The fourth-order valence-corrected chi connectivity index (χ4v) is 16.9. The highest BCUT2D eigenvalue weighted by molar-refractivity contribution is 9.10. The number of carbonyl (C=O) groups is 4. The molecule has 6 aliphatic rings. The number of ketones is 1. The maximum absolute atomic E-state index is 12.7. The van der Waals surface area contributed by atoms with Crippen molar-refractivity contribution >= 4 is 57.3 Å². The molecule has 0 saturated carbocycles. The molecule has 3 saturated heterocycles. The molecule has 3 aromatic carbocycles. The summed E-state index contributed by atoms with van der Waals surface area (Å²) in [5.74, 6) is 3.18. The van der Waals surface area contributed by atoms with Crippen LogP contribution in [-0.4, -0.2) is 207 Å². The molecule has 3 N–H and O–H groups in total. The number of rotatable bonds is 25. The molecule has 3 aliphatic carbocycles. The van der Waals surface area contributed by atoms with Crippen molar-refractivity contribution in [3.05, 3.63) is 119 Å². The lowest BCUT2D eigenvalue weighted by Gasteiger charge is -2.42. The minimum absolute atomic E-state index is 0.107. The molecule has 12 rings (SSSR count). The third-order valence-electron chi connectivity index (χ3n) is 24.0. The van der Waals surface area contributed by atoms with Crippen molar-refractivity contribution in [1.82, 2.24) is 50.0 Å². The van der Waals surface area contributed by atoms with E-state index in [1.807, 2.05) is 6.92 Å². The lowest BCUT2D eigenvalue weighted by Crippen LogP contribution is -2.53. The predicted octanol–water partition coefficient (Wildman–Crippen LogP) is 14.4. The van der Waals surface area contributed by atoms with E-state index in [-0.39, 0.29) is 86.7 Å². The van der Waals surface area contributed by atoms with Gasteiger partial charge in [-0.2, -0.15) is 9.97 Å². The number of fused-ring (bicyclic) bond motifs is 3. The predicted molar refractivity (Wildman–Crippen MR) is 451 cm³/mol. The average Bonchev–Trinajstić information content (AvgIpc) is 0.761. The zero-order valence-electron chi connectivity index (χ0n) is 70.2. The number of carbonyl (C=O) groups excluding carboxylic acids is 4. The summed E-state index contributed by atoms with van der Waals surface area (Å²) in [6.07, 6.45) is 14.7. The number of piperazine rings is 3. The van der Waals surface area contributed by atoms with Crippen LogP contribution < -0.4 is 20.0 Å². The maximum atomic E-state index is 12.7. The van der Waals surface area contributed by atoms with Gasteiger partial charge in [-0.05, 0) is 188 Å². The van der Waals surface area contributed by atoms with Crippen molar-refractivity contribution in [3.8, 4) is 34.0 Å². The van der Waals surface area contributed by atoms with Crippen LogP contribution in [0.2, 0.25) is 0 Å². The van der Waals surface area contributed by atoms with Crippen molar-refractivity contribution in [2.45, 2.75) is 250 Å². The highest BCUT2D eigenvalue weighted by Crippen LogP contribution is 2.50. The largest absolute Gasteiger partial charge is 0.466 e. The Hall–Kier alpha value is -7.41. The number of alkyl halides is 1. The highest BCUT2D eigenvalue weighted by atomic mass is 79.9. The summed E-state index contributed by atoms with van der Waals surface area (Å²) in [5.41, 5.74) is 14.1. The van der Waals surface area contributed by atoms with Gasteiger partial charge in [-0.3, -0.25) is 29.0 Å². The Morgan fingerprint density at radius 1 is 0.473 bits per heavy atom. The first-order valence-electron chi connectivity index (χ1n) is 41.4. The molecule has 0 spiro atoms. The number of anilines is 3. The van der Waals surface area contributed by atoms with E-state index >= 15 is 0 Å². The SMILES string of the molecule is CC1(C)CCC(C)(C)c2cc(-c3cccc(N4CCNCC4)n3)ccc21.CC1(C)CCC(C)(C)c2cc(-c3ncnc(N4CCN(C(CO)CCCO)CC4)n3)ccc21.CCCC(=O)C(Br)CCC(=O)OCC.CCOC(=O)CCC(C(=O)OCC)N1CCN(c2ncnc(-c3ccc4c(c3)C(C)(C)CCC4(C)C)n2)CC1. The number of aromatic nitrogens is 7. The second kappa shape index (κ2) is 39.8. The molecule has 3 aliphatic heterocycles. The number of nitrogens with zero attached hydrogens (tertiary/aromatic N) is 12.